The molecule has 4 rings (SSSR count). The van der Waals surface area contributed by atoms with Gasteiger partial charge in [0.2, 0.25) is 0 Å². The predicted molar refractivity (Wildman–Crippen MR) is 146 cm³/mol. The molecule has 3 aromatic carbocycles. The van der Waals surface area contributed by atoms with Crippen LogP contribution in [0.1, 0.15) is 16.7 Å². The third kappa shape index (κ3) is 4.67. The highest BCUT2D eigenvalue weighted by atomic mass is 16.5. The van der Waals surface area contributed by atoms with Gasteiger partial charge in [-0.1, -0.05) is 0 Å². The molecule has 0 atom stereocenters. The van der Waals surface area contributed by atoms with Crippen molar-refractivity contribution in [2.45, 2.75) is 20.8 Å². The predicted octanol–water partition coefficient (Wildman–Crippen LogP) is 7.02. The Morgan fingerprint density at radius 2 is 0.744 bits per heavy atom. The fraction of sp³-hybridized carbons (Fsp3) is 0.222. The van der Waals surface area contributed by atoms with E-state index in [1.54, 1.807) is 57.2 Å². The van der Waals surface area contributed by atoms with Crippen molar-refractivity contribution in [1.29, 1.82) is 0 Å². The van der Waals surface area contributed by atoms with E-state index < -0.39 is 0 Å². The number of ether oxygens (including phenoxy) is 3. The van der Waals surface area contributed by atoms with Gasteiger partial charge in [-0.15, -0.1) is 14.7 Å². The van der Waals surface area contributed by atoms with E-state index in [9.17, 15) is 14.7 Å². The molecule has 0 N–H and O–H groups in total. The maximum atomic E-state index is 11.9. The van der Waals surface area contributed by atoms with E-state index in [0.29, 0.717) is 50.6 Å². The second kappa shape index (κ2) is 11.1. The van der Waals surface area contributed by atoms with E-state index in [1.165, 1.54) is 21.3 Å². The molecule has 0 spiro atoms. The molecule has 12 nitrogen and oxygen atoms in total. The molecule has 0 aliphatic heterocycles. The van der Waals surface area contributed by atoms with Gasteiger partial charge in [0.25, 0.3) is 0 Å². The summed E-state index contributed by atoms with van der Waals surface area (Å²) in [6.07, 6.45) is 0. The van der Waals surface area contributed by atoms with Gasteiger partial charge in [-0.25, -0.2) is 15.0 Å². The summed E-state index contributed by atoms with van der Waals surface area (Å²) in [6.45, 7) is 5.06. The van der Waals surface area contributed by atoms with Crippen LogP contribution in [0.15, 0.2) is 51.9 Å². The van der Waals surface area contributed by atoms with E-state index in [0.717, 1.165) is 0 Å². The Bertz CT molecular complexity index is 1420. The number of hydrogen-bond donors (Lipinski definition) is 0. The third-order valence-corrected chi connectivity index (χ3v) is 6.44. The summed E-state index contributed by atoms with van der Waals surface area (Å²) in [5.41, 5.74) is 2.55. The molecule has 0 radical (unpaired) electrons. The minimum absolute atomic E-state index is 0.0664. The van der Waals surface area contributed by atoms with Crippen LogP contribution in [0.5, 0.6) is 17.2 Å². The average molecular weight is 529 g/mol. The van der Waals surface area contributed by atoms with E-state index in [-0.39, 0.29) is 34.5 Å². The normalized spacial score (nSPS) is 10.6. The van der Waals surface area contributed by atoms with Crippen molar-refractivity contribution in [2.24, 2.45) is 15.5 Å². The smallest absolute Gasteiger partial charge is 0.166 e. The molecule has 0 aliphatic rings. The van der Waals surface area contributed by atoms with Crippen molar-refractivity contribution in [3.63, 3.8) is 0 Å². The van der Waals surface area contributed by atoms with Crippen LogP contribution in [0.4, 0.5) is 17.1 Å². The monoisotopic (exact) mass is 528 g/mol. The molecular formula is C27H24N6O6. The van der Waals surface area contributed by atoms with Gasteiger partial charge in [0.1, 0.15) is 34.3 Å². The van der Waals surface area contributed by atoms with Crippen molar-refractivity contribution in [3.05, 3.63) is 67.8 Å². The van der Waals surface area contributed by atoms with E-state index in [1.807, 2.05) is 0 Å². The van der Waals surface area contributed by atoms with E-state index in [4.69, 9.17) is 14.2 Å². The van der Waals surface area contributed by atoms with Crippen LogP contribution in [0.2, 0.25) is 0 Å². The zero-order valence-corrected chi connectivity index (χ0v) is 22.1. The summed E-state index contributed by atoms with van der Waals surface area (Å²) in [4.78, 5) is 49.5. The number of nitrogens with zero attached hydrogens (tertiary/aromatic N) is 6. The number of hydrogen-bond acceptors (Lipinski definition) is 12. The summed E-state index contributed by atoms with van der Waals surface area (Å²) < 4.78 is 16.0. The number of nitroso groups, excluding NO2 is 3. The number of benzene rings is 3. The maximum absolute atomic E-state index is 11.9. The molecule has 1 heterocycles. The molecule has 0 fully saturated rings. The average Bonchev–Trinajstić information content (AvgIpc) is 2.96. The Kier molecular flexibility index (Phi) is 7.65. The Hall–Kier alpha value is -5.13. The van der Waals surface area contributed by atoms with Gasteiger partial charge in [0, 0.05) is 33.4 Å². The van der Waals surface area contributed by atoms with Gasteiger partial charge in [-0.3, -0.25) is 0 Å². The lowest BCUT2D eigenvalue weighted by Crippen LogP contribution is -2.02. The van der Waals surface area contributed by atoms with Gasteiger partial charge >= 0.3 is 0 Å². The molecular weight excluding hydrogens is 504 g/mol. The van der Waals surface area contributed by atoms with Gasteiger partial charge < -0.3 is 14.2 Å². The van der Waals surface area contributed by atoms with Crippen LogP contribution >= 0.6 is 0 Å². The highest BCUT2D eigenvalue weighted by Gasteiger charge is 2.23. The molecule has 4 aromatic rings. The Balaban J connectivity index is 2.10. The maximum Gasteiger partial charge on any atom is 0.166 e. The topological polar surface area (TPSA) is 155 Å². The van der Waals surface area contributed by atoms with Crippen molar-refractivity contribution in [3.8, 4) is 51.4 Å². The van der Waals surface area contributed by atoms with Gasteiger partial charge in [-0.2, -0.15) is 0 Å². The van der Waals surface area contributed by atoms with Crippen LogP contribution in [-0.4, -0.2) is 36.3 Å². The molecule has 0 unspecified atom stereocenters. The minimum atomic E-state index is 0.0664. The summed E-state index contributed by atoms with van der Waals surface area (Å²) in [7, 11) is 4.45. The van der Waals surface area contributed by atoms with Crippen LogP contribution in [0, 0.1) is 35.5 Å². The van der Waals surface area contributed by atoms with Gasteiger partial charge in [-0.05, 0) is 72.7 Å². The minimum Gasteiger partial charge on any atom is -0.496 e. The lowest BCUT2D eigenvalue weighted by atomic mass is 10.0. The first kappa shape index (κ1) is 26.9. The third-order valence-electron chi connectivity index (χ3n) is 6.44. The fourth-order valence-corrected chi connectivity index (χ4v) is 4.34. The summed E-state index contributed by atoms with van der Waals surface area (Å²) in [5.74, 6) is 1.60. The Morgan fingerprint density at radius 1 is 0.487 bits per heavy atom. The first-order valence-corrected chi connectivity index (χ1v) is 11.6. The summed E-state index contributed by atoms with van der Waals surface area (Å²) >= 11 is 0. The molecule has 1 aromatic heterocycles. The Labute approximate surface area is 223 Å². The van der Waals surface area contributed by atoms with Gasteiger partial charge in [0.15, 0.2) is 17.5 Å². The first-order valence-electron chi connectivity index (χ1n) is 11.6. The molecule has 0 saturated heterocycles. The molecule has 0 bridgehead atoms. The molecule has 12 heteroatoms. The van der Waals surface area contributed by atoms with Crippen LogP contribution < -0.4 is 14.2 Å². The molecule has 0 aliphatic carbocycles. The first-order chi connectivity index (χ1) is 18.8. The summed E-state index contributed by atoms with van der Waals surface area (Å²) in [6, 6.07) is 9.78. The van der Waals surface area contributed by atoms with Gasteiger partial charge in [0.05, 0.1) is 21.3 Å². The number of rotatable bonds is 9. The second-order valence-electron chi connectivity index (χ2n) is 8.45. The molecule has 0 amide bonds. The largest absolute Gasteiger partial charge is 0.496 e. The quantitative estimate of drug-likeness (QED) is 0.208. The number of methoxy groups -OCH3 is 3. The second-order valence-corrected chi connectivity index (χ2v) is 8.45. The highest BCUT2D eigenvalue weighted by Crippen LogP contribution is 2.42. The van der Waals surface area contributed by atoms with E-state index >= 15 is 0 Å². The lowest BCUT2D eigenvalue weighted by molar-refractivity contribution is 0.412. The van der Waals surface area contributed by atoms with E-state index in [2.05, 4.69) is 30.5 Å². The van der Waals surface area contributed by atoms with Crippen LogP contribution in [-0.2, 0) is 0 Å². The standard InChI is InChI=1S/C27H24N6O6/c1-13-19(37-4)10-7-16(22(13)31-34)25-28-26(17-8-11-20(38-5)14(2)23(17)32-35)30-27(29-25)18-9-12-21(39-6)15(3)24(18)33-36/h7-12H,1-6H3. The zero-order chi connectivity index (χ0) is 28.3. The Morgan fingerprint density at radius 3 is 0.949 bits per heavy atom. The van der Waals surface area contributed by atoms with Crippen LogP contribution in [0.25, 0.3) is 34.2 Å². The highest BCUT2D eigenvalue weighted by molar-refractivity contribution is 5.83. The molecule has 198 valence electrons. The number of aromatic nitrogens is 3. The van der Waals surface area contributed by atoms with Crippen molar-refractivity contribution in [1.82, 2.24) is 15.0 Å². The van der Waals surface area contributed by atoms with Crippen molar-refractivity contribution < 1.29 is 14.2 Å². The van der Waals surface area contributed by atoms with Crippen LogP contribution in [0.3, 0.4) is 0 Å². The SMILES string of the molecule is COc1ccc(-c2nc(-c3ccc(OC)c(C)c3N=O)nc(-c3ccc(OC)c(C)c3N=O)n2)c(N=O)c1C. The van der Waals surface area contributed by atoms with Crippen molar-refractivity contribution >= 4 is 17.1 Å². The van der Waals surface area contributed by atoms with Crippen molar-refractivity contribution in [2.75, 3.05) is 21.3 Å². The fourth-order valence-electron chi connectivity index (χ4n) is 4.34. The lowest BCUT2D eigenvalue weighted by Gasteiger charge is -2.15. The molecule has 39 heavy (non-hydrogen) atoms. The molecule has 0 saturated carbocycles. The zero-order valence-electron chi connectivity index (χ0n) is 22.1. The summed E-state index contributed by atoms with van der Waals surface area (Å²) in [5, 5.41) is 9.60.